The van der Waals surface area contributed by atoms with Crippen LogP contribution in [0.15, 0.2) is 42.6 Å². The highest BCUT2D eigenvalue weighted by molar-refractivity contribution is 5.38. The van der Waals surface area contributed by atoms with Gasteiger partial charge in [0.25, 0.3) is 0 Å². The minimum absolute atomic E-state index is 0.690. The molecule has 0 aliphatic heterocycles. The Morgan fingerprint density at radius 2 is 1.95 bits per heavy atom. The van der Waals surface area contributed by atoms with E-state index in [9.17, 15) is 0 Å². The van der Waals surface area contributed by atoms with Crippen molar-refractivity contribution in [3.8, 4) is 0 Å². The zero-order valence-electron chi connectivity index (χ0n) is 11.3. The fourth-order valence-electron chi connectivity index (χ4n) is 1.98. The molecule has 19 heavy (non-hydrogen) atoms. The van der Waals surface area contributed by atoms with Crippen LogP contribution in [0.1, 0.15) is 17.8 Å². The third-order valence-electron chi connectivity index (χ3n) is 2.93. The molecule has 4 nitrogen and oxygen atoms in total. The maximum atomic E-state index is 5.62. The average molecular weight is 256 g/mol. The zero-order chi connectivity index (χ0) is 13.5. The van der Waals surface area contributed by atoms with Gasteiger partial charge in [-0.25, -0.2) is 9.97 Å². The van der Waals surface area contributed by atoms with Crippen LogP contribution in [0.25, 0.3) is 0 Å². The van der Waals surface area contributed by atoms with Gasteiger partial charge in [-0.15, -0.1) is 0 Å². The van der Waals surface area contributed by atoms with Crippen molar-refractivity contribution in [2.24, 2.45) is 5.73 Å². The van der Waals surface area contributed by atoms with Crippen LogP contribution in [0.5, 0.6) is 0 Å². The Morgan fingerprint density at radius 3 is 2.63 bits per heavy atom. The van der Waals surface area contributed by atoms with Crippen molar-refractivity contribution in [2.45, 2.75) is 19.9 Å². The summed E-state index contributed by atoms with van der Waals surface area (Å²) in [6.07, 6.45) is 2.76. The summed E-state index contributed by atoms with van der Waals surface area (Å²) >= 11 is 0. The molecule has 2 aromatic rings. The first-order valence-corrected chi connectivity index (χ1v) is 6.58. The molecule has 1 aromatic heterocycles. The lowest BCUT2D eigenvalue weighted by molar-refractivity contribution is 0.722. The van der Waals surface area contributed by atoms with E-state index >= 15 is 0 Å². The number of benzene rings is 1. The molecule has 1 aromatic carbocycles. The van der Waals surface area contributed by atoms with E-state index in [0.717, 1.165) is 31.2 Å². The summed E-state index contributed by atoms with van der Waals surface area (Å²) < 4.78 is 0. The Morgan fingerprint density at radius 1 is 1.16 bits per heavy atom. The minimum Gasteiger partial charge on any atom is -0.352 e. The van der Waals surface area contributed by atoms with Gasteiger partial charge in [0.2, 0.25) is 0 Å². The number of rotatable bonds is 6. The van der Waals surface area contributed by atoms with E-state index in [2.05, 4.69) is 39.1 Å². The Bertz CT molecular complexity index is 499. The van der Waals surface area contributed by atoms with Gasteiger partial charge in [0.05, 0.1) is 0 Å². The van der Waals surface area contributed by atoms with Crippen molar-refractivity contribution in [1.29, 1.82) is 0 Å². The van der Waals surface area contributed by atoms with Crippen molar-refractivity contribution in [3.63, 3.8) is 0 Å². The Balaban J connectivity index is 2.16. The predicted octanol–water partition coefficient (Wildman–Crippen LogP) is 2.14. The average Bonchev–Trinajstić information content (AvgIpc) is 2.44. The summed E-state index contributed by atoms with van der Waals surface area (Å²) in [5.41, 5.74) is 6.89. The summed E-state index contributed by atoms with van der Waals surface area (Å²) in [6.45, 7) is 4.35. The first kappa shape index (κ1) is 13.5. The Hall–Kier alpha value is -1.94. The summed E-state index contributed by atoms with van der Waals surface area (Å²) in [5.74, 6) is 1.76. The highest BCUT2D eigenvalue weighted by Gasteiger charge is 2.08. The number of anilines is 1. The molecule has 0 bridgehead atoms. The number of nitrogens with two attached hydrogens (primary N) is 1. The van der Waals surface area contributed by atoms with Crippen LogP contribution < -0.4 is 10.6 Å². The van der Waals surface area contributed by atoms with Gasteiger partial charge in [0.1, 0.15) is 11.6 Å². The van der Waals surface area contributed by atoms with E-state index in [0.29, 0.717) is 6.54 Å². The zero-order valence-corrected chi connectivity index (χ0v) is 11.3. The molecule has 0 fully saturated rings. The molecule has 0 radical (unpaired) electrons. The molecule has 100 valence electrons. The predicted molar refractivity (Wildman–Crippen MR) is 77.9 cm³/mol. The van der Waals surface area contributed by atoms with Crippen molar-refractivity contribution >= 4 is 5.82 Å². The second-order valence-corrected chi connectivity index (χ2v) is 4.51. The highest BCUT2D eigenvalue weighted by Crippen LogP contribution is 2.14. The molecule has 4 heteroatoms. The van der Waals surface area contributed by atoms with E-state index in [1.807, 2.05) is 19.1 Å². The molecule has 0 saturated heterocycles. The van der Waals surface area contributed by atoms with Crippen LogP contribution in [-0.4, -0.2) is 23.1 Å². The first-order valence-electron chi connectivity index (χ1n) is 6.58. The van der Waals surface area contributed by atoms with Crippen LogP contribution in [0.3, 0.4) is 0 Å². The molecule has 0 spiro atoms. The van der Waals surface area contributed by atoms with Gasteiger partial charge in [0.15, 0.2) is 0 Å². The molecule has 2 N–H and O–H groups in total. The molecular formula is C15H20N4. The van der Waals surface area contributed by atoms with Gasteiger partial charge in [-0.05, 0) is 31.5 Å². The van der Waals surface area contributed by atoms with Crippen LogP contribution in [0.4, 0.5) is 5.82 Å². The number of aryl methyl sites for hydroxylation is 1. The molecule has 0 aliphatic rings. The summed E-state index contributed by atoms with van der Waals surface area (Å²) in [4.78, 5) is 10.9. The van der Waals surface area contributed by atoms with Crippen LogP contribution in [-0.2, 0) is 6.54 Å². The van der Waals surface area contributed by atoms with Gasteiger partial charge >= 0.3 is 0 Å². The number of hydrogen-bond donors (Lipinski definition) is 1. The van der Waals surface area contributed by atoms with E-state index in [-0.39, 0.29) is 0 Å². The molecule has 1 heterocycles. The SMILES string of the molecule is Cc1nccc(N(CCCN)Cc2ccccc2)n1. The number of nitrogens with zero attached hydrogens (tertiary/aromatic N) is 3. The third-order valence-corrected chi connectivity index (χ3v) is 2.93. The number of aromatic nitrogens is 2. The van der Waals surface area contributed by atoms with E-state index in [1.165, 1.54) is 5.56 Å². The molecule has 0 aliphatic carbocycles. The summed E-state index contributed by atoms with van der Waals surface area (Å²) in [7, 11) is 0. The highest BCUT2D eigenvalue weighted by atomic mass is 15.2. The normalized spacial score (nSPS) is 10.4. The molecular weight excluding hydrogens is 236 g/mol. The molecule has 0 unspecified atom stereocenters. The Labute approximate surface area is 114 Å². The smallest absolute Gasteiger partial charge is 0.132 e. The van der Waals surface area contributed by atoms with Crippen LogP contribution in [0.2, 0.25) is 0 Å². The lowest BCUT2D eigenvalue weighted by Crippen LogP contribution is -2.26. The maximum Gasteiger partial charge on any atom is 0.132 e. The van der Waals surface area contributed by atoms with Crippen LogP contribution >= 0.6 is 0 Å². The quantitative estimate of drug-likeness (QED) is 0.860. The third kappa shape index (κ3) is 4.03. The lowest BCUT2D eigenvalue weighted by Gasteiger charge is -2.23. The second kappa shape index (κ2) is 6.85. The molecule has 0 amide bonds. The second-order valence-electron chi connectivity index (χ2n) is 4.51. The number of hydrogen-bond acceptors (Lipinski definition) is 4. The topological polar surface area (TPSA) is 55.0 Å². The molecule has 0 atom stereocenters. The minimum atomic E-state index is 0.690. The standard InChI is InChI=1S/C15H20N4/c1-13-17-10-8-15(18-13)19(11-5-9-16)12-14-6-3-2-4-7-14/h2-4,6-8,10H,5,9,11-12,16H2,1H3. The van der Waals surface area contributed by atoms with Crippen molar-refractivity contribution in [3.05, 3.63) is 54.0 Å². The van der Waals surface area contributed by atoms with Crippen molar-refractivity contribution in [1.82, 2.24) is 9.97 Å². The largest absolute Gasteiger partial charge is 0.352 e. The fourth-order valence-corrected chi connectivity index (χ4v) is 1.98. The molecule has 0 saturated carbocycles. The summed E-state index contributed by atoms with van der Waals surface area (Å²) in [6, 6.07) is 12.4. The first-order chi connectivity index (χ1) is 9.29. The van der Waals surface area contributed by atoms with E-state index in [4.69, 9.17) is 5.73 Å². The van der Waals surface area contributed by atoms with Crippen LogP contribution in [0, 0.1) is 6.92 Å². The van der Waals surface area contributed by atoms with E-state index < -0.39 is 0 Å². The van der Waals surface area contributed by atoms with E-state index in [1.54, 1.807) is 6.20 Å². The Kier molecular flexibility index (Phi) is 4.86. The van der Waals surface area contributed by atoms with Crippen molar-refractivity contribution in [2.75, 3.05) is 18.0 Å². The van der Waals surface area contributed by atoms with Crippen molar-refractivity contribution < 1.29 is 0 Å². The van der Waals surface area contributed by atoms with Gasteiger partial charge in [0, 0.05) is 19.3 Å². The molecule has 2 rings (SSSR count). The monoisotopic (exact) mass is 256 g/mol. The van der Waals surface area contributed by atoms with Gasteiger partial charge in [-0.1, -0.05) is 30.3 Å². The van der Waals surface area contributed by atoms with Gasteiger partial charge < -0.3 is 10.6 Å². The maximum absolute atomic E-state index is 5.62. The lowest BCUT2D eigenvalue weighted by atomic mass is 10.2. The fraction of sp³-hybridized carbons (Fsp3) is 0.333. The summed E-state index contributed by atoms with van der Waals surface area (Å²) in [5, 5.41) is 0. The van der Waals surface area contributed by atoms with Gasteiger partial charge in [-0.3, -0.25) is 0 Å². The van der Waals surface area contributed by atoms with Gasteiger partial charge in [-0.2, -0.15) is 0 Å².